The zero-order chi connectivity index (χ0) is 15.9. The molecule has 2 heterocycles. The van der Waals surface area contributed by atoms with Crippen LogP contribution in [-0.4, -0.2) is 50.3 Å². The highest BCUT2D eigenvalue weighted by Crippen LogP contribution is 2.60. The molecule has 0 aromatic heterocycles. The lowest BCUT2D eigenvalue weighted by Gasteiger charge is -2.57. The predicted octanol–water partition coefficient (Wildman–Crippen LogP) is 0.778. The maximum Gasteiger partial charge on any atom is 0.220 e. The Morgan fingerprint density at radius 3 is 2.83 bits per heavy atom. The number of carbonyl (C=O) groups is 1. The van der Waals surface area contributed by atoms with Crippen LogP contribution in [0.5, 0.6) is 0 Å². The first kappa shape index (κ1) is 15.2. The monoisotopic (exact) mass is 320 g/mol. The van der Waals surface area contributed by atoms with Gasteiger partial charge in [-0.15, -0.1) is 0 Å². The van der Waals surface area contributed by atoms with E-state index in [2.05, 4.69) is 20.9 Å². The van der Waals surface area contributed by atoms with Crippen LogP contribution in [0, 0.1) is 11.3 Å². The zero-order valence-corrected chi connectivity index (χ0v) is 13.9. The number of hydrogen-bond acceptors (Lipinski definition) is 3. The van der Waals surface area contributed by atoms with Gasteiger partial charge in [0, 0.05) is 50.0 Å². The van der Waals surface area contributed by atoms with Crippen LogP contribution in [0.4, 0.5) is 0 Å². The van der Waals surface area contributed by atoms with E-state index in [1.165, 1.54) is 32.1 Å². The van der Waals surface area contributed by atoms with E-state index >= 15 is 0 Å². The van der Waals surface area contributed by atoms with Gasteiger partial charge in [-0.05, 0) is 25.7 Å². The summed E-state index contributed by atoms with van der Waals surface area (Å²) in [7, 11) is 1.83. The van der Waals surface area contributed by atoms with Crippen LogP contribution in [0.1, 0.15) is 44.9 Å². The molecule has 2 aliphatic heterocycles. The van der Waals surface area contributed by atoms with Crippen LogP contribution in [0.2, 0.25) is 0 Å². The zero-order valence-electron chi connectivity index (χ0n) is 13.9. The minimum atomic E-state index is 0.154. The number of hydrogen-bond donors (Lipinski definition) is 3. The number of fused-ring (bicyclic) bond motifs is 2. The highest BCUT2D eigenvalue weighted by Gasteiger charge is 2.65. The van der Waals surface area contributed by atoms with Gasteiger partial charge < -0.3 is 20.7 Å². The highest BCUT2D eigenvalue weighted by atomic mass is 16.5. The molecule has 4 unspecified atom stereocenters. The molecule has 3 N–H and O–H groups in total. The Bertz CT molecular complexity index is 491. The molecule has 0 aromatic rings. The summed E-state index contributed by atoms with van der Waals surface area (Å²) in [5.74, 6) is 1.67. The summed E-state index contributed by atoms with van der Waals surface area (Å²) in [6, 6.07) is 0.760. The summed E-state index contributed by atoms with van der Waals surface area (Å²) in [6.07, 6.45) is 8.31. The van der Waals surface area contributed by atoms with E-state index in [9.17, 15) is 4.79 Å². The normalized spacial score (nSPS) is 38.8. The van der Waals surface area contributed by atoms with Gasteiger partial charge in [-0.25, -0.2) is 0 Å². The fourth-order valence-electron chi connectivity index (χ4n) is 5.27. The molecular formula is C17H28N4O2. The van der Waals surface area contributed by atoms with Crippen molar-refractivity contribution in [3.05, 3.63) is 0 Å². The molecule has 2 saturated heterocycles. The largest absolute Gasteiger partial charge is 0.377 e. The molecule has 6 heteroatoms. The average Bonchev–Trinajstić information content (AvgIpc) is 3.21. The topological polar surface area (TPSA) is 74.8 Å². The summed E-state index contributed by atoms with van der Waals surface area (Å²) in [5.41, 5.74) is 0.333. The standard InChI is InChI=1S/C17H28N4O2/c1-18-16(20-11-4-5-13(22)19-10-11)21-14-12-6-9-23-15(12)17(14)7-2-3-8-17/h11-12,14-15H,2-10H2,1H3,(H,19,22)(H2,18,20,21). The third-order valence-electron chi connectivity index (χ3n) is 6.41. The summed E-state index contributed by atoms with van der Waals surface area (Å²) >= 11 is 0. The van der Waals surface area contributed by atoms with Crippen LogP contribution >= 0.6 is 0 Å². The Morgan fingerprint density at radius 1 is 1.30 bits per heavy atom. The molecule has 0 bridgehead atoms. The summed E-state index contributed by atoms with van der Waals surface area (Å²) in [5, 5.41) is 10.1. The number of ether oxygens (including phenoxy) is 1. The Morgan fingerprint density at radius 2 is 2.13 bits per heavy atom. The van der Waals surface area contributed by atoms with Crippen molar-refractivity contribution in [2.24, 2.45) is 16.3 Å². The van der Waals surface area contributed by atoms with Crippen LogP contribution < -0.4 is 16.0 Å². The second-order valence-electron chi connectivity index (χ2n) is 7.56. The van der Waals surface area contributed by atoms with Crippen molar-refractivity contribution in [3.8, 4) is 0 Å². The number of carbonyl (C=O) groups excluding carboxylic acids is 1. The molecule has 4 atom stereocenters. The Kier molecular flexibility index (Phi) is 3.95. The van der Waals surface area contributed by atoms with Crippen molar-refractivity contribution < 1.29 is 9.53 Å². The van der Waals surface area contributed by atoms with Gasteiger partial charge in [-0.3, -0.25) is 9.79 Å². The van der Waals surface area contributed by atoms with Crippen molar-refractivity contribution in [1.82, 2.24) is 16.0 Å². The Hall–Kier alpha value is -1.30. The lowest BCUT2D eigenvalue weighted by atomic mass is 9.54. The summed E-state index contributed by atoms with van der Waals surface area (Å²) in [6.45, 7) is 1.60. The third-order valence-corrected chi connectivity index (χ3v) is 6.41. The molecule has 23 heavy (non-hydrogen) atoms. The average molecular weight is 320 g/mol. The van der Waals surface area contributed by atoms with E-state index in [0.717, 1.165) is 19.0 Å². The summed E-state index contributed by atoms with van der Waals surface area (Å²) < 4.78 is 6.05. The van der Waals surface area contributed by atoms with E-state index in [0.29, 0.717) is 36.4 Å². The molecule has 0 aromatic carbocycles. The Balaban J connectivity index is 1.40. The van der Waals surface area contributed by atoms with Gasteiger partial charge in [-0.1, -0.05) is 12.8 Å². The van der Waals surface area contributed by atoms with Gasteiger partial charge in [0.1, 0.15) is 0 Å². The maximum atomic E-state index is 11.3. The fourth-order valence-corrected chi connectivity index (χ4v) is 5.27. The van der Waals surface area contributed by atoms with Crippen LogP contribution in [0.25, 0.3) is 0 Å². The highest BCUT2D eigenvalue weighted by molar-refractivity contribution is 5.81. The second-order valence-corrected chi connectivity index (χ2v) is 7.56. The second kappa shape index (κ2) is 5.96. The molecule has 2 aliphatic carbocycles. The van der Waals surface area contributed by atoms with Crippen molar-refractivity contribution in [3.63, 3.8) is 0 Å². The minimum Gasteiger partial charge on any atom is -0.377 e. The van der Waals surface area contributed by atoms with Gasteiger partial charge >= 0.3 is 0 Å². The van der Waals surface area contributed by atoms with E-state index in [1.807, 2.05) is 7.05 Å². The first-order chi connectivity index (χ1) is 11.2. The van der Waals surface area contributed by atoms with Crippen molar-refractivity contribution >= 4 is 11.9 Å². The summed E-state index contributed by atoms with van der Waals surface area (Å²) in [4.78, 5) is 15.7. The molecule has 4 rings (SSSR count). The SMILES string of the molecule is CN=C(NC1CCC(=O)NC1)NC1C2CCOC2C12CCCC2. The van der Waals surface area contributed by atoms with Crippen molar-refractivity contribution in [2.75, 3.05) is 20.2 Å². The number of rotatable bonds is 2. The molecule has 0 radical (unpaired) electrons. The first-order valence-electron chi connectivity index (χ1n) is 9.11. The number of nitrogens with zero attached hydrogens (tertiary/aromatic N) is 1. The van der Waals surface area contributed by atoms with Gasteiger partial charge in [0.05, 0.1) is 6.10 Å². The van der Waals surface area contributed by atoms with Gasteiger partial charge in [0.15, 0.2) is 5.96 Å². The fraction of sp³-hybridized carbons (Fsp3) is 0.882. The molecule has 4 aliphatic rings. The minimum absolute atomic E-state index is 0.154. The molecule has 128 valence electrons. The van der Waals surface area contributed by atoms with Crippen LogP contribution in [0.3, 0.4) is 0 Å². The number of nitrogens with one attached hydrogen (secondary N) is 3. The van der Waals surface area contributed by atoms with Gasteiger partial charge in [0.2, 0.25) is 5.91 Å². The van der Waals surface area contributed by atoms with Gasteiger partial charge in [0.25, 0.3) is 0 Å². The first-order valence-corrected chi connectivity index (χ1v) is 9.11. The molecule has 1 amide bonds. The van der Waals surface area contributed by atoms with Crippen molar-refractivity contribution in [1.29, 1.82) is 0 Å². The van der Waals surface area contributed by atoms with Crippen LogP contribution in [0.15, 0.2) is 4.99 Å². The van der Waals surface area contributed by atoms with E-state index < -0.39 is 0 Å². The molecule has 6 nitrogen and oxygen atoms in total. The van der Waals surface area contributed by atoms with E-state index in [1.54, 1.807) is 0 Å². The predicted molar refractivity (Wildman–Crippen MR) is 88.2 cm³/mol. The number of piperidine rings is 1. The quantitative estimate of drug-likeness (QED) is 0.519. The lowest BCUT2D eigenvalue weighted by molar-refractivity contribution is -0.125. The maximum absolute atomic E-state index is 11.3. The van der Waals surface area contributed by atoms with Crippen LogP contribution in [-0.2, 0) is 9.53 Å². The molecule has 2 saturated carbocycles. The molecular weight excluding hydrogens is 292 g/mol. The van der Waals surface area contributed by atoms with E-state index in [4.69, 9.17) is 4.74 Å². The lowest BCUT2D eigenvalue weighted by Crippen LogP contribution is -2.69. The van der Waals surface area contributed by atoms with Gasteiger partial charge in [-0.2, -0.15) is 0 Å². The molecule has 4 fully saturated rings. The number of aliphatic imine (C=N–C) groups is 1. The van der Waals surface area contributed by atoms with Crippen molar-refractivity contribution in [2.45, 2.75) is 63.1 Å². The molecule has 1 spiro atoms. The Labute approximate surface area is 137 Å². The smallest absolute Gasteiger partial charge is 0.220 e. The third kappa shape index (κ3) is 2.51. The number of amides is 1. The number of guanidine groups is 1. The van der Waals surface area contributed by atoms with E-state index in [-0.39, 0.29) is 11.9 Å².